The molecule has 1 fully saturated rings. The summed E-state index contributed by atoms with van der Waals surface area (Å²) in [6, 6.07) is 1.91. The number of hydrogen-bond donors (Lipinski definition) is 2. The number of carbonyl (C=O) groups excluding carboxylic acids is 1. The molecule has 1 saturated heterocycles. The molecule has 6 nitrogen and oxygen atoms in total. The van der Waals surface area contributed by atoms with Crippen molar-refractivity contribution in [1.29, 1.82) is 0 Å². The molecule has 0 unspecified atom stereocenters. The van der Waals surface area contributed by atoms with Gasteiger partial charge in [-0.15, -0.1) is 0 Å². The van der Waals surface area contributed by atoms with Gasteiger partial charge in [0.25, 0.3) is 0 Å². The maximum absolute atomic E-state index is 11.8. The molecule has 2 rings (SSSR count). The van der Waals surface area contributed by atoms with Gasteiger partial charge in [-0.2, -0.15) is 5.10 Å². The molecule has 100 valence electrons. The number of nitrogens with zero attached hydrogens (tertiary/aromatic N) is 3. The van der Waals surface area contributed by atoms with Crippen LogP contribution in [0.4, 0.5) is 0 Å². The minimum absolute atomic E-state index is 0.0718. The standard InChI is InChI=1S/C12H21N5O/c1-16-7-3-11(15-16)9-14-12(18)10-17-6-2-4-13-5-8-17/h3,7,13H,2,4-6,8-10H2,1H3,(H,14,18). The normalized spacial score (nSPS) is 17.4. The van der Waals surface area contributed by atoms with Crippen LogP contribution in [0.15, 0.2) is 12.3 Å². The second-order valence-corrected chi connectivity index (χ2v) is 4.64. The van der Waals surface area contributed by atoms with Crippen LogP contribution < -0.4 is 10.6 Å². The van der Waals surface area contributed by atoms with Crippen LogP contribution in [0.5, 0.6) is 0 Å². The van der Waals surface area contributed by atoms with E-state index in [1.165, 1.54) is 0 Å². The van der Waals surface area contributed by atoms with Crippen molar-refractivity contribution in [1.82, 2.24) is 25.3 Å². The van der Waals surface area contributed by atoms with Gasteiger partial charge in [0.1, 0.15) is 0 Å². The Hall–Kier alpha value is -1.40. The average molecular weight is 251 g/mol. The van der Waals surface area contributed by atoms with Crippen LogP contribution in [0.25, 0.3) is 0 Å². The van der Waals surface area contributed by atoms with Crippen LogP contribution in [0, 0.1) is 0 Å². The van der Waals surface area contributed by atoms with Gasteiger partial charge in [-0.1, -0.05) is 0 Å². The lowest BCUT2D eigenvalue weighted by atomic mass is 10.3. The molecule has 0 bridgehead atoms. The zero-order valence-electron chi connectivity index (χ0n) is 10.9. The number of rotatable bonds is 4. The van der Waals surface area contributed by atoms with Crippen molar-refractivity contribution >= 4 is 5.91 Å². The van der Waals surface area contributed by atoms with E-state index in [2.05, 4.69) is 20.6 Å². The van der Waals surface area contributed by atoms with E-state index in [-0.39, 0.29) is 5.91 Å². The van der Waals surface area contributed by atoms with Crippen LogP contribution in [-0.2, 0) is 18.4 Å². The molecule has 1 aromatic heterocycles. The molecule has 0 radical (unpaired) electrons. The fraction of sp³-hybridized carbons (Fsp3) is 0.667. The van der Waals surface area contributed by atoms with E-state index in [1.54, 1.807) is 4.68 Å². The molecule has 1 aliphatic heterocycles. The van der Waals surface area contributed by atoms with E-state index < -0.39 is 0 Å². The first-order valence-corrected chi connectivity index (χ1v) is 6.42. The maximum Gasteiger partial charge on any atom is 0.234 e. The highest BCUT2D eigenvalue weighted by Crippen LogP contribution is 1.96. The lowest BCUT2D eigenvalue weighted by molar-refractivity contribution is -0.122. The van der Waals surface area contributed by atoms with Crippen molar-refractivity contribution < 1.29 is 4.79 Å². The van der Waals surface area contributed by atoms with Crippen molar-refractivity contribution in [2.75, 3.05) is 32.7 Å². The molecule has 0 aromatic carbocycles. The predicted molar refractivity (Wildman–Crippen MR) is 69.0 cm³/mol. The fourth-order valence-corrected chi connectivity index (χ4v) is 2.07. The van der Waals surface area contributed by atoms with Crippen LogP contribution in [-0.4, -0.2) is 53.3 Å². The van der Waals surface area contributed by atoms with Crippen LogP contribution in [0.2, 0.25) is 0 Å². The Labute approximate surface area is 107 Å². The highest BCUT2D eigenvalue weighted by molar-refractivity contribution is 5.77. The zero-order valence-corrected chi connectivity index (χ0v) is 10.9. The minimum atomic E-state index is 0.0718. The second-order valence-electron chi connectivity index (χ2n) is 4.64. The van der Waals surface area contributed by atoms with E-state index in [0.29, 0.717) is 13.1 Å². The molecule has 1 amide bonds. The number of amides is 1. The first-order chi connectivity index (χ1) is 8.74. The Morgan fingerprint density at radius 3 is 3.17 bits per heavy atom. The lowest BCUT2D eigenvalue weighted by Gasteiger charge is -2.18. The molecule has 0 saturated carbocycles. The van der Waals surface area contributed by atoms with Gasteiger partial charge < -0.3 is 10.6 Å². The van der Waals surface area contributed by atoms with Crippen molar-refractivity contribution in [2.45, 2.75) is 13.0 Å². The fourth-order valence-electron chi connectivity index (χ4n) is 2.07. The van der Waals surface area contributed by atoms with Gasteiger partial charge in [-0.3, -0.25) is 14.4 Å². The molecule has 18 heavy (non-hydrogen) atoms. The van der Waals surface area contributed by atoms with Gasteiger partial charge in [-0.25, -0.2) is 0 Å². The maximum atomic E-state index is 11.8. The summed E-state index contributed by atoms with van der Waals surface area (Å²) >= 11 is 0. The molecule has 0 aliphatic carbocycles. The van der Waals surface area contributed by atoms with Crippen molar-refractivity contribution in [3.63, 3.8) is 0 Å². The van der Waals surface area contributed by atoms with E-state index in [1.807, 2.05) is 19.3 Å². The Morgan fingerprint density at radius 2 is 2.39 bits per heavy atom. The second kappa shape index (κ2) is 6.51. The first kappa shape index (κ1) is 13.0. The molecular formula is C12H21N5O. The van der Waals surface area contributed by atoms with E-state index in [4.69, 9.17) is 0 Å². The number of hydrogen-bond acceptors (Lipinski definition) is 4. The van der Waals surface area contributed by atoms with E-state index in [0.717, 1.165) is 38.3 Å². The van der Waals surface area contributed by atoms with Gasteiger partial charge in [0.15, 0.2) is 0 Å². The summed E-state index contributed by atoms with van der Waals surface area (Å²) in [5, 5.41) is 10.5. The Morgan fingerprint density at radius 1 is 1.50 bits per heavy atom. The van der Waals surface area contributed by atoms with Crippen LogP contribution >= 0.6 is 0 Å². The Bertz CT molecular complexity index is 382. The highest BCUT2D eigenvalue weighted by atomic mass is 16.2. The van der Waals surface area contributed by atoms with Crippen molar-refractivity contribution in [3.05, 3.63) is 18.0 Å². The lowest BCUT2D eigenvalue weighted by Crippen LogP contribution is -2.38. The summed E-state index contributed by atoms with van der Waals surface area (Å²) in [4.78, 5) is 14.0. The highest BCUT2D eigenvalue weighted by Gasteiger charge is 2.12. The average Bonchev–Trinajstić information content (AvgIpc) is 2.60. The number of aromatic nitrogens is 2. The molecule has 2 heterocycles. The topological polar surface area (TPSA) is 62.2 Å². The van der Waals surface area contributed by atoms with E-state index >= 15 is 0 Å². The van der Waals surface area contributed by atoms with Crippen LogP contribution in [0.3, 0.4) is 0 Å². The van der Waals surface area contributed by atoms with Gasteiger partial charge in [0.05, 0.1) is 18.8 Å². The summed E-state index contributed by atoms with van der Waals surface area (Å²) in [7, 11) is 1.87. The number of aryl methyl sites for hydroxylation is 1. The Balaban J connectivity index is 1.71. The Kier molecular flexibility index (Phi) is 4.72. The molecule has 1 aliphatic rings. The summed E-state index contributed by atoms with van der Waals surface area (Å²) in [6.07, 6.45) is 2.98. The smallest absolute Gasteiger partial charge is 0.234 e. The summed E-state index contributed by atoms with van der Waals surface area (Å²) in [6.45, 7) is 4.93. The molecular weight excluding hydrogens is 230 g/mol. The SMILES string of the molecule is Cn1ccc(CNC(=O)CN2CCCNCC2)n1. The molecule has 6 heteroatoms. The third kappa shape index (κ3) is 4.12. The van der Waals surface area contributed by atoms with E-state index in [9.17, 15) is 4.79 Å². The minimum Gasteiger partial charge on any atom is -0.349 e. The van der Waals surface area contributed by atoms with Gasteiger partial charge in [0.2, 0.25) is 5.91 Å². The monoisotopic (exact) mass is 251 g/mol. The van der Waals surface area contributed by atoms with Crippen molar-refractivity contribution in [2.24, 2.45) is 7.05 Å². The molecule has 2 N–H and O–H groups in total. The quantitative estimate of drug-likeness (QED) is 0.745. The van der Waals surface area contributed by atoms with Crippen LogP contribution in [0.1, 0.15) is 12.1 Å². The van der Waals surface area contributed by atoms with Gasteiger partial charge >= 0.3 is 0 Å². The number of carbonyl (C=O) groups is 1. The third-order valence-electron chi connectivity index (χ3n) is 3.04. The number of nitrogens with one attached hydrogen (secondary N) is 2. The van der Waals surface area contributed by atoms with Gasteiger partial charge in [0, 0.05) is 26.3 Å². The molecule has 0 spiro atoms. The predicted octanol–water partition coefficient (Wildman–Crippen LogP) is -0.668. The molecule has 0 atom stereocenters. The summed E-state index contributed by atoms with van der Waals surface area (Å²) < 4.78 is 1.74. The van der Waals surface area contributed by atoms with Crippen molar-refractivity contribution in [3.8, 4) is 0 Å². The zero-order chi connectivity index (χ0) is 12.8. The summed E-state index contributed by atoms with van der Waals surface area (Å²) in [5.74, 6) is 0.0718. The third-order valence-corrected chi connectivity index (χ3v) is 3.04. The summed E-state index contributed by atoms with van der Waals surface area (Å²) in [5.41, 5.74) is 0.892. The first-order valence-electron chi connectivity index (χ1n) is 6.42. The van der Waals surface area contributed by atoms with Gasteiger partial charge in [-0.05, 0) is 25.6 Å². The molecule has 1 aromatic rings. The largest absolute Gasteiger partial charge is 0.349 e.